The number of rotatable bonds is 5. The van der Waals surface area contributed by atoms with E-state index in [0.717, 1.165) is 0 Å². The Kier molecular flexibility index (Phi) is 5.28. The van der Waals surface area contributed by atoms with E-state index in [1.807, 2.05) is 0 Å². The van der Waals surface area contributed by atoms with Gasteiger partial charge in [-0.2, -0.15) is 0 Å². The van der Waals surface area contributed by atoms with Crippen LogP contribution in [0.25, 0.3) is 5.76 Å². The second-order valence-corrected chi connectivity index (χ2v) is 6.53. The Bertz CT molecular complexity index is 996. The highest BCUT2D eigenvalue weighted by atomic mass is 35.5. The number of amides is 1. The first-order valence-corrected chi connectivity index (χ1v) is 8.62. The van der Waals surface area contributed by atoms with Crippen molar-refractivity contribution in [1.29, 1.82) is 0 Å². The summed E-state index contributed by atoms with van der Waals surface area (Å²) >= 11 is 5.86. The van der Waals surface area contributed by atoms with Crippen molar-refractivity contribution in [2.75, 3.05) is 6.54 Å². The van der Waals surface area contributed by atoms with E-state index in [4.69, 9.17) is 11.6 Å². The van der Waals surface area contributed by atoms with Gasteiger partial charge in [0.1, 0.15) is 5.76 Å². The lowest BCUT2D eigenvalue weighted by Gasteiger charge is -2.24. The molecule has 1 saturated heterocycles. The highest BCUT2D eigenvalue weighted by molar-refractivity contribution is 6.46. The van der Waals surface area contributed by atoms with E-state index in [1.54, 1.807) is 12.1 Å². The molecule has 0 aliphatic carbocycles. The van der Waals surface area contributed by atoms with Crippen molar-refractivity contribution < 1.29 is 19.6 Å². The molecule has 0 bridgehead atoms. The third-order valence-corrected chi connectivity index (χ3v) is 4.66. The molecule has 0 saturated carbocycles. The second kappa shape index (κ2) is 7.66. The number of nitrogens with zero attached hydrogens (tertiary/aromatic N) is 2. The van der Waals surface area contributed by atoms with Gasteiger partial charge in [0.25, 0.3) is 17.4 Å². The summed E-state index contributed by atoms with van der Waals surface area (Å²) in [5.41, 5.74) is 0.570. The SMILES string of the molecule is C=CCN1C(=O)C(=O)C(=C(O)c2ccc(Cl)cc2)C1c1ccc([N+](=O)[O-])cc1. The molecule has 3 rings (SSSR count). The molecule has 2 aromatic carbocycles. The van der Waals surface area contributed by atoms with Gasteiger partial charge in [-0.05, 0) is 42.0 Å². The van der Waals surface area contributed by atoms with Crippen molar-refractivity contribution in [1.82, 2.24) is 4.90 Å². The number of carbonyl (C=O) groups is 2. The third kappa shape index (κ3) is 3.39. The Labute approximate surface area is 165 Å². The van der Waals surface area contributed by atoms with Gasteiger partial charge >= 0.3 is 0 Å². The Morgan fingerprint density at radius 1 is 1.18 bits per heavy atom. The molecule has 1 atom stereocenters. The molecule has 1 unspecified atom stereocenters. The summed E-state index contributed by atoms with van der Waals surface area (Å²) in [6.45, 7) is 3.67. The minimum atomic E-state index is -0.894. The van der Waals surface area contributed by atoms with Gasteiger partial charge in [-0.1, -0.05) is 17.7 Å². The smallest absolute Gasteiger partial charge is 0.295 e. The Balaban J connectivity index is 2.17. The number of aliphatic hydroxyl groups excluding tert-OH is 1. The van der Waals surface area contributed by atoms with Crippen LogP contribution in [0.5, 0.6) is 0 Å². The highest BCUT2D eigenvalue weighted by Gasteiger charge is 2.45. The average molecular weight is 399 g/mol. The predicted molar refractivity (Wildman–Crippen MR) is 104 cm³/mol. The molecule has 0 radical (unpaired) electrons. The van der Waals surface area contributed by atoms with Crippen LogP contribution in [0.3, 0.4) is 0 Å². The number of nitro groups is 1. The molecule has 1 N–H and O–H groups in total. The summed E-state index contributed by atoms with van der Waals surface area (Å²) in [5.74, 6) is -1.96. The number of ketones is 1. The number of halogens is 1. The van der Waals surface area contributed by atoms with Crippen molar-refractivity contribution in [2.24, 2.45) is 0 Å². The van der Waals surface area contributed by atoms with Crippen LogP contribution >= 0.6 is 11.6 Å². The lowest BCUT2D eigenvalue weighted by Crippen LogP contribution is -2.29. The summed E-state index contributed by atoms with van der Waals surface area (Å²) in [7, 11) is 0. The molecule has 2 aromatic rings. The molecule has 0 spiro atoms. The van der Waals surface area contributed by atoms with Crippen LogP contribution in [-0.4, -0.2) is 33.2 Å². The normalized spacial score (nSPS) is 18.3. The second-order valence-electron chi connectivity index (χ2n) is 6.10. The van der Waals surface area contributed by atoms with Crippen molar-refractivity contribution >= 4 is 34.7 Å². The number of non-ortho nitro benzene ring substituents is 1. The molecule has 8 heteroatoms. The monoisotopic (exact) mass is 398 g/mol. The number of hydrogen-bond donors (Lipinski definition) is 1. The summed E-state index contributed by atoms with van der Waals surface area (Å²) in [6.07, 6.45) is 1.46. The summed E-state index contributed by atoms with van der Waals surface area (Å²) in [6, 6.07) is 10.8. The van der Waals surface area contributed by atoms with Gasteiger partial charge in [-0.3, -0.25) is 19.7 Å². The number of aliphatic hydroxyl groups is 1. The first-order chi connectivity index (χ1) is 13.3. The van der Waals surface area contributed by atoms with Gasteiger partial charge in [0, 0.05) is 29.3 Å². The van der Waals surface area contributed by atoms with Crippen molar-refractivity contribution in [3.05, 3.63) is 93.0 Å². The Morgan fingerprint density at radius 2 is 1.79 bits per heavy atom. The standard InChI is InChI=1S/C20H15ClN2O5/c1-2-11-22-17(12-5-9-15(10-6-12)23(27)28)16(19(25)20(22)26)18(24)13-3-7-14(21)8-4-13/h2-10,17,24H,1,11H2. The molecule has 1 aliphatic heterocycles. The van der Waals surface area contributed by atoms with Crippen LogP contribution in [0.4, 0.5) is 5.69 Å². The fourth-order valence-corrected chi connectivity index (χ4v) is 3.22. The van der Waals surface area contributed by atoms with Crippen LogP contribution in [0.15, 0.2) is 66.8 Å². The molecule has 142 valence electrons. The van der Waals surface area contributed by atoms with Gasteiger partial charge in [0.2, 0.25) is 0 Å². The summed E-state index contributed by atoms with van der Waals surface area (Å²) < 4.78 is 0. The average Bonchev–Trinajstić information content (AvgIpc) is 2.93. The van der Waals surface area contributed by atoms with Crippen LogP contribution in [0.2, 0.25) is 5.02 Å². The zero-order chi connectivity index (χ0) is 20.4. The molecule has 7 nitrogen and oxygen atoms in total. The maximum Gasteiger partial charge on any atom is 0.295 e. The number of Topliss-reactive ketones (excluding diaryl/α,β-unsaturated/α-hetero) is 1. The van der Waals surface area contributed by atoms with Crippen molar-refractivity contribution in [2.45, 2.75) is 6.04 Å². The van der Waals surface area contributed by atoms with Gasteiger partial charge in [0.15, 0.2) is 0 Å². The number of carbonyl (C=O) groups excluding carboxylic acids is 2. The lowest BCUT2D eigenvalue weighted by atomic mass is 9.95. The maximum absolute atomic E-state index is 12.7. The van der Waals surface area contributed by atoms with Crippen molar-refractivity contribution in [3.8, 4) is 0 Å². The molecule has 1 heterocycles. The molecule has 28 heavy (non-hydrogen) atoms. The third-order valence-electron chi connectivity index (χ3n) is 4.40. The van der Waals surface area contributed by atoms with E-state index >= 15 is 0 Å². The van der Waals surface area contributed by atoms with E-state index in [-0.39, 0.29) is 23.6 Å². The van der Waals surface area contributed by atoms with E-state index in [1.165, 1.54) is 47.4 Å². The minimum Gasteiger partial charge on any atom is -0.507 e. The van der Waals surface area contributed by atoms with Gasteiger partial charge in [-0.15, -0.1) is 6.58 Å². The number of benzene rings is 2. The van der Waals surface area contributed by atoms with Crippen LogP contribution in [-0.2, 0) is 9.59 Å². The zero-order valence-electron chi connectivity index (χ0n) is 14.5. The van der Waals surface area contributed by atoms with Crippen LogP contribution in [0, 0.1) is 10.1 Å². The fourth-order valence-electron chi connectivity index (χ4n) is 3.10. The van der Waals surface area contributed by atoms with Crippen LogP contribution in [0.1, 0.15) is 17.2 Å². The first-order valence-electron chi connectivity index (χ1n) is 8.24. The number of nitro benzene ring substituents is 1. The topological polar surface area (TPSA) is 101 Å². The number of hydrogen-bond acceptors (Lipinski definition) is 5. The van der Waals surface area contributed by atoms with Crippen molar-refractivity contribution in [3.63, 3.8) is 0 Å². The largest absolute Gasteiger partial charge is 0.507 e. The van der Waals surface area contributed by atoms with E-state index < -0.39 is 22.7 Å². The van der Waals surface area contributed by atoms with E-state index in [9.17, 15) is 24.8 Å². The Hall–Kier alpha value is -3.45. The van der Waals surface area contributed by atoms with E-state index in [2.05, 4.69) is 6.58 Å². The Morgan fingerprint density at radius 3 is 2.32 bits per heavy atom. The van der Waals surface area contributed by atoms with Gasteiger partial charge in [0.05, 0.1) is 16.5 Å². The fraction of sp³-hybridized carbons (Fsp3) is 0.100. The zero-order valence-corrected chi connectivity index (χ0v) is 15.3. The lowest BCUT2D eigenvalue weighted by molar-refractivity contribution is -0.384. The first kappa shape index (κ1) is 19.3. The molecular formula is C20H15ClN2O5. The quantitative estimate of drug-likeness (QED) is 0.206. The predicted octanol–water partition coefficient (Wildman–Crippen LogP) is 3.86. The molecule has 1 amide bonds. The van der Waals surface area contributed by atoms with Gasteiger partial charge < -0.3 is 10.0 Å². The molecular weight excluding hydrogens is 384 g/mol. The number of likely N-dealkylation sites (tertiary alicyclic amines) is 1. The maximum atomic E-state index is 12.7. The molecule has 1 fully saturated rings. The molecule has 0 aromatic heterocycles. The van der Waals surface area contributed by atoms with Crippen LogP contribution < -0.4 is 0 Å². The van der Waals surface area contributed by atoms with Gasteiger partial charge in [-0.25, -0.2) is 0 Å². The van der Waals surface area contributed by atoms with E-state index in [0.29, 0.717) is 16.1 Å². The molecule has 1 aliphatic rings. The summed E-state index contributed by atoms with van der Waals surface area (Å²) in [5, 5.41) is 22.1. The minimum absolute atomic E-state index is 0.0730. The highest BCUT2D eigenvalue weighted by Crippen LogP contribution is 2.39. The summed E-state index contributed by atoms with van der Waals surface area (Å²) in [4.78, 5) is 36.8.